The summed E-state index contributed by atoms with van der Waals surface area (Å²) in [6.07, 6.45) is 2.54. The molecule has 0 fully saturated rings. The van der Waals surface area contributed by atoms with Crippen LogP contribution in [0.25, 0.3) is 0 Å². The van der Waals surface area contributed by atoms with Crippen LogP contribution < -0.4 is 0 Å². The smallest absolute Gasteiger partial charge is 0.272 e. The topological polar surface area (TPSA) is 60.2 Å². The van der Waals surface area contributed by atoms with Gasteiger partial charge in [-0.05, 0) is 32.4 Å². The number of pyridine rings is 1. The van der Waals surface area contributed by atoms with E-state index in [-0.39, 0.29) is 18.1 Å². The maximum atomic E-state index is 13.0. The van der Waals surface area contributed by atoms with E-state index in [4.69, 9.17) is 4.74 Å². The Bertz CT molecular complexity index is 751. The van der Waals surface area contributed by atoms with E-state index in [9.17, 15) is 4.79 Å². The first-order valence-corrected chi connectivity index (χ1v) is 8.25. The molecule has 1 aliphatic heterocycles. The first-order valence-electron chi connectivity index (χ1n) is 8.25. The van der Waals surface area contributed by atoms with Gasteiger partial charge in [-0.15, -0.1) is 0 Å². The van der Waals surface area contributed by atoms with Gasteiger partial charge < -0.3 is 9.64 Å². The zero-order valence-electron chi connectivity index (χ0n) is 14.9. The molecular formula is C18H24N4O2. The highest BCUT2D eigenvalue weighted by Crippen LogP contribution is 2.31. The Hall–Kier alpha value is -2.21. The summed E-state index contributed by atoms with van der Waals surface area (Å²) in [6, 6.07) is 3.96. The van der Waals surface area contributed by atoms with Gasteiger partial charge in [0.2, 0.25) is 0 Å². The van der Waals surface area contributed by atoms with Gasteiger partial charge in [0.15, 0.2) is 0 Å². The predicted molar refractivity (Wildman–Crippen MR) is 90.6 cm³/mol. The SMILES string of the molecule is Cc1ccc(CN(C)C(=O)c2c3c(nn2C)[C@H](C)O[C@H](C)C3)nc1. The van der Waals surface area contributed by atoms with Gasteiger partial charge >= 0.3 is 0 Å². The summed E-state index contributed by atoms with van der Waals surface area (Å²) < 4.78 is 7.50. The number of rotatable bonds is 3. The summed E-state index contributed by atoms with van der Waals surface area (Å²) in [4.78, 5) is 19.1. The van der Waals surface area contributed by atoms with Crippen molar-refractivity contribution in [1.82, 2.24) is 19.7 Å². The van der Waals surface area contributed by atoms with Gasteiger partial charge in [0, 0.05) is 32.3 Å². The molecule has 0 unspecified atom stereocenters. The van der Waals surface area contributed by atoms with E-state index < -0.39 is 0 Å². The van der Waals surface area contributed by atoms with Crippen LogP contribution in [0.2, 0.25) is 0 Å². The molecule has 0 radical (unpaired) electrons. The summed E-state index contributed by atoms with van der Waals surface area (Å²) in [7, 11) is 3.62. The van der Waals surface area contributed by atoms with Gasteiger partial charge in [-0.3, -0.25) is 14.5 Å². The molecule has 1 aliphatic rings. The van der Waals surface area contributed by atoms with Gasteiger partial charge in [0.1, 0.15) is 5.69 Å². The maximum absolute atomic E-state index is 13.0. The van der Waals surface area contributed by atoms with Crippen LogP contribution in [0.4, 0.5) is 0 Å². The average Bonchev–Trinajstić information content (AvgIpc) is 2.85. The Morgan fingerprint density at radius 1 is 1.42 bits per heavy atom. The zero-order chi connectivity index (χ0) is 17.4. The van der Waals surface area contributed by atoms with Crippen LogP contribution in [0.3, 0.4) is 0 Å². The highest BCUT2D eigenvalue weighted by Gasteiger charge is 2.32. The molecule has 24 heavy (non-hydrogen) atoms. The van der Waals surface area contributed by atoms with E-state index >= 15 is 0 Å². The molecule has 2 aromatic rings. The minimum Gasteiger partial charge on any atom is -0.369 e. The van der Waals surface area contributed by atoms with Crippen LogP contribution in [-0.4, -0.2) is 38.7 Å². The second kappa shape index (κ2) is 6.36. The average molecular weight is 328 g/mol. The number of hydrogen-bond donors (Lipinski definition) is 0. The van der Waals surface area contributed by atoms with Crippen molar-refractivity contribution in [2.24, 2.45) is 7.05 Å². The molecule has 6 nitrogen and oxygen atoms in total. The lowest BCUT2D eigenvalue weighted by Crippen LogP contribution is -2.30. The fraction of sp³-hybridized carbons (Fsp3) is 0.500. The van der Waals surface area contributed by atoms with Crippen LogP contribution in [0.1, 0.15) is 53.0 Å². The number of aromatic nitrogens is 3. The molecule has 0 bridgehead atoms. The molecule has 0 N–H and O–H groups in total. The predicted octanol–water partition coefficient (Wildman–Crippen LogP) is 2.42. The van der Waals surface area contributed by atoms with Gasteiger partial charge in [-0.25, -0.2) is 0 Å². The van der Waals surface area contributed by atoms with Crippen molar-refractivity contribution < 1.29 is 9.53 Å². The second-order valence-electron chi connectivity index (χ2n) is 6.62. The summed E-state index contributed by atoms with van der Waals surface area (Å²) in [5.74, 6) is -0.0325. The molecule has 1 amide bonds. The fourth-order valence-corrected chi connectivity index (χ4v) is 3.22. The molecule has 0 saturated heterocycles. The Morgan fingerprint density at radius 3 is 2.83 bits per heavy atom. The van der Waals surface area contributed by atoms with E-state index in [1.54, 1.807) is 16.6 Å². The van der Waals surface area contributed by atoms with Crippen LogP contribution in [0.15, 0.2) is 18.3 Å². The molecule has 0 spiro atoms. The van der Waals surface area contributed by atoms with Crippen molar-refractivity contribution in [3.8, 4) is 0 Å². The number of fused-ring (bicyclic) bond motifs is 1. The van der Waals surface area contributed by atoms with E-state index in [0.717, 1.165) is 22.5 Å². The number of aryl methyl sites for hydroxylation is 2. The third-order valence-corrected chi connectivity index (χ3v) is 4.41. The van der Waals surface area contributed by atoms with E-state index in [1.165, 1.54) is 0 Å². The zero-order valence-corrected chi connectivity index (χ0v) is 14.9. The van der Waals surface area contributed by atoms with E-state index in [1.807, 2.05) is 46.1 Å². The standard InChI is InChI=1S/C18H24N4O2/c1-11-6-7-14(19-9-11)10-21(4)18(23)17-15-8-12(2)24-13(3)16(15)20-22(17)5/h6-7,9,12-13H,8,10H2,1-5H3/t12-,13+/m1/s1. The van der Waals surface area contributed by atoms with E-state index in [0.29, 0.717) is 18.7 Å². The van der Waals surface area contributed by atoms with Gasteiger partial charge in [0.05, 0.1) is 30.1 Å². The Labute approximate surface area is 142 Å². The van der Waals surface area contributed by atoms with Crippen molar-refractivity contribution in [3.63, 3.8) is 0 Å². The maximum Gasteiger partial charge on any atom is 0.272 e. The Morgan fingerprint density at radius 2 is 2.17 bits per heavy atom. The number of carbonyl (C=O) groups excluding carboxylic acids is 1. The largest absolute Gasteiger partial charge is 0.369 e. The van der Waals surface area contributed by atoms with E-state index in [2.05, 4.69) is 10.1 Å². The summed E-state index contributed by atoms with van der Waals surface area (Å²) in [5, 5.41) is 4.52. The number of nitrogens with zero attached hydrogens (tertiary/aromatic N) is 4. The molecule has 3 heterocycles. The first-order chi connectivity index (χ1) is 11.4. The van der Waals surface area contributed by atoms with Crippen LogP contribution in [0.5, 0.6) is 0 Å². The molecule has 128 valence electrons. The van der Waals surface area contributed by atoms with Crippen molar-refractivity contribution in [2.75, 3.05) is 7.05 Å². The number of carbonyl (C=O) groups is 1. The molecule has 2 atom stereocenters. The Kier molecular flexibility index (Phi) is 4.41. The third-order valence-electron chi connectivity index (χ3n) is 4.41. The number of ether oxygens (including phenoxy) is 1. The highest BCUT2D eigenvalue weighted by molar-refractivity contribution is 5.94. The third kappa shape index (κ3) is 3.06. The van der Waals surface area contributed by atoms with Gasteiger partial charge in [-0.1, -0.05) is 6.07 Å². The van der Waals surface area contributed by atoms with Crippen molar-refractivity contribution in [1.29, 1.82) is 0 Å². The molecule has 3 rings (SSSR count). The minimum absolute atomic E-state index is 0.0325. The lowest BCUT2D eigenvalue weighted by molar-refractivity contribution is -0.00713. The molecular weight excluding hydrogens is 304 g/mol. The highest BCUT2D eigenvalue weighted by atomic mass is 16.5. The monoisotopic (exact) mass is 328 g/mol. The molecule has 0 aliphatic carbocycles. The molecule has 2 aromatic heterocycles. The van der Waals surface area contributed by atoms with Crippen molar-refractivity contribution in [3.05, 3.63) is 46.5 Å². The number of amides is 1. The minimum atomic E-state index is -0.0828. The molecule has 0 aromatic carbocycles. The lowest BCUT2D eigenvalue weighted by Gasteiger charge is -2.25. The first kappa shape index (κ1) is 16.6. The van der Waals surface area contributed by atoms with Crippen LogP contribution >= 0.6 is 0 Å². The van der Waals surface area contributed by atoms with Gasteiger partial charge in [-0.2, -0.15) is 5.10 Å². The quantitative estimate of drug-likeness (QED) is 0.868. The normalized spacial score (nSPS) is 19.9. The Balaban J connectivity index is 1.86. The summed E-state index contributed by atoms with van der Waals surface area (Å²) in [6.45, 7) is 6.48. The van der Waals surface area contributed by atoms with Crippen LogP contribution in [0, 0.1) is 6.92 Å². The number of hydrogen-bond acceptors (Lipinski definition) is 4. The second-order valence-corrected chi connectivity index (χ2v) is 6.62. The summed E-state index contributed by atoms with van der Waals surface area (Å²) in [5.41, 5.74) is 4.52. The fourth-order valence-electron chi connectivity index (χ4n) is 3.22. The van der Waals surface area contributed by atoms with Crippen molar-refractivity contribution >= 4 is 5.91 Å². The van der Waals surface area contributed by atoms with Gasteiger partial charge in [0.25, 0.3) is 5.91 Å². The molecule has 0 saturated carbocycles. The van der Waals surface area contributed by atoms with Crippen LogP contribution in [-0.2, 0) is 24.8 Å². The lowest BCUT2D eigenvalue weighted by atomic mass is 9.99. The molecule has 6 heteroatoms. The summed E-state index contributed by atoms with van der Waals surface area (Å²) >= 11 is 0. The van der Waals surface area contributed by atoms with Crippen molar-refractivity contribution in [2.45, 2.75) is 45.9 Å².